The molecule has 4 heteroatoms. The van der Waals surface area contributed by atoms with E-state index in [9.17, 15) is 4.79 Å². The van der Waals surface area contributed by atoms with E-state index in [1.165, 1.54) is 6.42 Å². The molecule has 0 aromatic heterocycles. The zero-order valence-electron chi connectivity index (χ0n) is 12.9. The Balaban J connectivity index is 0.00000192. The second-order valence-electron chi connectivity index (χ2n) is 5.68. The van der Waals surface area contributed by atoms with E-state index in [0.29, 0.717) is 6.42 Å². The van der Waals surface area contributed by atoms with Crippen molar-refractivity contribution in [1.82, 2.24) is 5.06 Å². The Morgan fingerprint density at radius 3 is 2.48 bits per heavy atom. The molecule has 0 aliphatic carbocycles. The average Bonchev–Trinajstić information content (AvgIpc) is 2.55. The van der Waals surface area contributed by atoms with Gasteiger partial charge in [0, 0.05) is 13.1 Å². The van der Waals surface area contributed by atoms with Gasteiger partial charge in [0.2, 0.25) is 0 Å². The monoisotopic (exact) mass is 315 g/mol. The van der Waals surface area contributed by atoms with Crippen molar-refractivity contribution >= 4 is 16.7 Å². The molecule has 0 bridgehead atoms. The Bertz CT molecular complexity index is 663. The lowest BCUT2D eigenvalue weighted by atomic mass is 10.0. The SMILES string of the molecule is C.COc1ccc2cc(CC(=O)ON3CCCCC3)ccc2c1. The second kappa shape index (κ2) is 7.97. The van der Waals surface area contributed by atoms with Gasteiger partial charge in [-0.05, 0) is 41.3 Å². The smallest absolute Gasteiger partial charge is 0.329 e. The van der Waals surface area contributed by atoms with Gasteiger partial charge in [0.1, 0.15) is 5.75 Å². The third-order valence-electron chi connectivity index (χ3n) is 4.01. The molecule has 23 heavy (non-hydrogen) atoms. The summed E-state index contributed by atoms with van der Waals surface area (Å²) in [4.78, 5) is 17.5. The van der Waals surface area contributed by atoms with Crippen LogP contribution in [-0.4, -0.2) is 31.2 Å². The average molecular weight is 315 g/mol. The zero-order valence-corrected chi connectivity index (χ0v) is 12.9. The van der Waals surface area contributed by atoms with Gasteiger partial charge in [-0.1, -0.05) is 38.1 Å². The lowest BCUT2D eigenvalue weighted by molar-refractivity contribution is -0.193. The molecule has 1 saturated heterocycles. The Hall–Kier alpha value is -2.07. The summed E-state index contributed by atoms with van der Waals surface area (Å²) in [6.45, 7) is 1.70. The predicted molar refractivity (Wildman–Crippen MR) is 92.5 cm³/mol. The van der Waals surface area contributed by atoms with Crippen molar-refractivity contribution in [3.8, 4) is 5.75 Å². The summed E-state index contributed by atoms with van der Waals surface area (Å²) in [5.74, 6) is 0.652. The van der Waals surface area contributed by atoms with Crippen LogP contribution in [0.25, 0.3) is 10.8 Å². The van der Waals surface area contributed by atoms with E-state index in [-0.39, 0.29) is 13.4 Å². The van der Waals surface area contributed by atoms with E-state index < -0.39 is 0 Å². The molecule has 0 amide bonds. The summed E-state index contributed by atoms with van der Waals surface area (Å²) in [7, 11) is 1.66. The first-order valence-electron chi connectivity index (χ1n) is 7.77. The first-order valence-corrected chi connectivity index (χ1v) is 7.77. The number of carbonyl (C=O) groups excluding carboxylic acids is 1. The van der Waals surface area contributed by atoms with Crippen molar-refractivity contribution in [2.75, 3.05) is 20.2 Å². The highest BCUT2D eigenvalue weighted by Crippen LogP contribution is 2.22. The summed E-state index contributed by atoms with van der Waals surface area (Å²) in [6, 6.07) is 11.9. The van der Waals surface area contributed by atoms with Gasteiger partial charge in [0.15, 0.2) is 0 Å². The minimum Gasteiger partial charge on any atom is -0.497 e. The lowest BCUT2D eigenvalue weighted by Gasteiger charge is -2.24. The number of fused-ring (bicyclic) bond motifs is 1. The van der Waals surface area contributed by atoms with Crippen LogP contribution in [0.1, 0.15) is 32.3 Å². The lowest BCUT2D eigenvalue weighted by Crippen LogP contribution is -2.32. The summed E-state index contributed by atoms with van der Waals surface area (Å²) in [5.41, 5.74) is 0.972. The molecular formula is C19H25NO3. The maximum absolute atomic E-state index is 12.0. The minimum atomic E-state index is -0.185. The number of nitrogens with zero attached hydrogens (tertiary/aromatic N) is 1. The number of carbonyl (C=O) groups is 1. The number of hydrogen-bond donors (Lipinski definition) is 0. The van der Waals surface area contributed by atoms with Gasteiger partial charge in [-0.2, -0.15) is 0 Å². The molecule has 2 aromatic rings. The first kappa shape index (κ1) is 17.3. The molecular weight excluding hydrogens is 290 g/mol. The quantitative estimate of drug-likeness (QED) is 0.856. The maximum atomic E-state index is 12.0. The number of benzene rings is 2. The molecule has 1 aliphatic rings. The summed E-state index contributed by atoms with van der Waals surface area (Å²) >= 11 is 0. The summed E-state index contributed by atoms with van der Waals surface area (Å²) in [6.07, 6.45) is 3.73. The van der Waals surface area contributed by atoms with E-state index in [4.69, 9.17) is 9.57 Å². The number of hydroxylamine groups is 2. The van der Waals surface area contributed by atoms with Crippen molar-refractivity contribution < 1.29 is 14.4 Å². The highest BCUT2D eigenvalue weighted by molar-refractivity contribution is 5.85. The highest BCUT2D eigenvalue weighted by atomic mass is 16.7. The van der Waals surface area contributed by atoms with Crippen LogP contribution in [0, 0.1) is 0 Å². The topological polar surface area (TPSA) is 38.8 Å². The third kappa shape index (κ3) is 4.45. The Labute approximate surface area is 138 Å². The molecule has 0 unspecified atom stereocenters. The van der Waals surface area contributed by atoms with Crippen LogP contribution >= 0.6 is 0 Å². The van der Waals surface area contributed by atoms with Crippen molar-refractivity contribution in [3.63, 3.8) is 0 Å². The first-order chi connectivity index (χ1) is 10.7. The van der Waals surface area contributed by atoms with Gasteiger partial charge in [-0.15, -0.1) is 5.06 Å². The van der Waals surface area contributed by atoms with E-state index in [0.717, 1.165) is 48.0 Å². The van der Waals surface area contributed by atoms with Crippen LogP contribution in [-0.2, 0) is 16.1 Å². The van der Waals surface area contributed by atoms with Gasteiger partial charge in [-0.3, -0.25) is 0 Å². The van der Waals surface area contributed by atoms with Gasteiger partial charge < -0.3 is 9.57 Å². The molecule has 1 aliphatic heterocycles. The van der Waals surface area contributed by atoms with E-state index in [1.54, 1.807) is 12.2 Å². The van der Waals surface area contributed by atoms with Crippen LogP contribution in [0.2, 0.25) is 0 Å². The number of rotatable bonds is 4. The highest BCUT2D eigenvalue weighted by Gasteiger charge is 2.15. The largest absolute Gasteiger partial charge is 0.497 e. The Kier molecular flexibility index (Phi) is 5.99. The van der Waals surface area contributed by atoms with Crippen LogP contribution in [0.15, 0.2) is 36.4 Å². The number of hydrogen-bond acceptors (Lipinski definition) is 4. The Morgan fingerprint density at radius 2 is 1.74 bits per heavy atom. The second-order valence-corrected chi connectivity index (χ2v) is 5.68. The molecule has 1 fully saturated rings. The number of methoxy groups -OCH3 is 1. The fraction of sp³-hybridized carbons (Fsp3) is 0.421. The van der Waals surface area contributed by atoms with Crippen LogP contribution in [0.3, 0.4) is 0 Å². The third-order valence-corrected chi connectivity index (χ3v) is 4.01. The van der Waals surface area contributed by atoms with Crippen molar-refractivity contribution in [2.24, 2.45) is 0 Å². The normalized spacial score (nSPS) is 15.0. The molecule has 0 atom stereocenters. The van der Waals surface area contributed by atoms with Gasteiger partial charge >= 0.3 is 5.97 Å². The molecule has 0 radical (unpaired) electrons. The molecule has 0 spiro atoms. The fourth-order valence-electron chi connectivity index (χ4n) is 2.81. The molecule has 0 N–H and O–H groups in total. The van der Waals surface area contributed by atoms with Crippen LogP contribution in [0.5, 0.6) is 5.75 Å². The number of ether oxygens (including phenoxy) is 1. The van der Waals surface area contributed by atoms with Gasteiger partial charge in [0.25, 0.3) is 0 Å². The molecule has 1 heterocycles. The molecule has 2 aromatic carbocycles. The van der Waals surface area contributed by atoms with Crippen molar-refractivity contribution in [1.29, 1.82) is 0 Å². The molecule has 0 saturated carbocycles. The standard InChI is InChI=1S/C18H21NO3.CH4/c1-21-17-8-7-15-11-14(5-6-16(15)13-17)12-18(20)22-19-9-3-2-4-10-19;/h5-8,11,13H,2-4,9-10,12H2,1H3;1H4. The number of piperidine rings is 1. The van der Waals surface area contributed by atoms with Crippen LogP contribution < -0.4 is 4.74 Å². The molecule has 4 nitrogen and oxygen atoms in total. The van der Waals surface area contributed by atoms with Crippen LogP contribution in [0.4, 0.5) is 0 Å². The Morgan fingerprint density at radius 1 is 1.04 bits per heavy atom. The summed E-state index contributed by atoms with van der Waals surface area (Å²) in [5, 5.41) is 3.99. The van der Waals surface area contributed by atoms with Crippen molar-refractivity contribution in [2.45, 2.75) is 33.1 Å². The maximum Gasteiger partial charge on any atom is 0.329 e. The van der Waals surface area contributed by atoms with Gasteiger partial charge in [0.05, 0.1) is 13.5 Å². The van der Waals surface area contributed by atoms with Crippen molar-refractivity contribution in [3.05, 3.63) is 42.0 Å². The van der Waals surface area contributed by atoms with E-state index in [2.05, 4.69) is 0 Å². The predicted octanol–water partition coefficient (Wildman–Crippen LogP) is 3.97. The van der Waals surface area contributed by atoms with Gasteiger partial charge in [-0.25, -0.2) is 4.79 Å². The minimum absolute atomic E-state index is 0. The van der Waals surface area contributed by atoms with E-state index >= 15 is 0 Å². The fourth-order valence-corrected chi connectivity index (χ4v) is 2.81. The van der Waals surface area contributed by atoms with E-state index in [1.807, 2.05) is 36.4 Å². The zero-order chi connectivity index (χ0) is 15.4. The molecule has 124 valence electrons. The summed E-state index contributed by atoms with van der Waals surface area (Å²) < 4.78 is 5.22. The molecule has 3 rings (SSSR count).